The number of carbonyl (C=O) groups is 1. The van der Waals surface area contributed by atoms with E-state index in [0.717, 1.165) is 17.8 Å². The average molecular weight is 354 g/mol. The molecule has 2 aromatic carbocycles. The third-order valence-corrected chi connectivity index (χ3v) is 4.61. The molecule has 1 heterocycles. The SMILES string of the molecule is CCc1ccc(NC(=O)N2CCN(c3ccc([N+](=O)[O-])cc3)CC2)cc1. The van der Waals surface area contributed by atoms with Gasteiger partial charge in [0.15, 0.2) is 0 Å². The number of hydrogen-bond donors (Lipinski definition) is 1. The van der Waals surface area contributed by atoms with Crippen molar-refractivity contribution >= 4 is 23.1 Å². The van der Waals surface area contributed by atoms with Gasteiger partial charge < -0.3 is 15.1 Å². The van der Waals surface area contributed by atoms with Crippen LogP contribution in [-0.4, -0.2) is 42.0 Å². The van der Waals surface area contributed by atoms with Gasteiger partial charge >= 0.3 is 6.03 Å². The van der Waals surface area contributed by atoms with Crippen molar-refractivity contribution in [1.82, 2.24) is 4.90 Å². The predicted molar refractivity (Wildman–Crippen MR) is 102 cm³/mol. The van der Waals surface area contributed by atoms with Crippen LogP contribution in [0.25, 0.3) is 0 Å². The third-order valence-electron chi connectivity index (χ3n) is 4.61. The van der Waals surface area contributed by atoms with Gasteiger partial charge in [0.25, 0.3) is 5.69 Å². The van der Waals surface area contributed by atoms with Crippen molar-refractivity contribution in [3.63, 3.8) is 0 Å². The summed E-state index contributed by atoms with van der Waals surface area (Å²) in [6.07, 6.45) is 0.971. The molecule has 26 heavy (non-hydrogen) atoms. The van der Waals surface area contributed by atoms with E-state index in [2.05, 4.69) is 17.1 Å². The number of piperazine rings is 1. The van der Waals surface area contributed by atoms with Crippen LogP contribution >= 0.6 is 0 Å². The maximum Gasteiger partial charge on any atom is 0.321 e. The van der Waals surface area contributed by atoms with Crippen LogP contribution in [0, 0.1) is 10.1 Å². The van der Waals surface area contributed by atoms with Gasteiger partial charge in [0, 0.05) is 49.7 Å². The number of anilines is 2. The number of benzene rings is 2. The minimum Gasteiger partial charge on any atom is -0.368 e. The van der Waals surface area contributed by atoms with E-state index in [9.17, 15) is 14.9 Å². The van der Waals surface area contributed by atoms with Gasteiger partial charge in [-0.05, 0) is 36.2 Å². The second kappa shape index (κ2) is 7.86. The largest absolute Gasteiger partial charge is 0.368 e. The first-order valence-corrected chi connectivity index (χ1v) is 8.71. The third kappa shape index (κ3) is 4.11. The van der Waals surface area contributed by atoms with E-state index in [-0.39, 0.29) is 11.7 Å². The number of rotatable bonds is 4. The Balaban J connectivity index is 1.53. The highest BCUT2D eigenvalue weighted by Gasteiger charge is 2.21. The number of nitrogens with zero attached hydrogens (tertiary/aromatic N) is 3. The highest BCUT2D eigenvalue weighted by Crippen LogP contribution is 2.21. The Morgan fingerprint density at radius 3 is 2.19 bits per heavy atom. The van der Waals surface area contributed by atoms with Crippen LogP contribution in [-0.2, 0) is 6.42 Å². The first-order chi connectivity index (χ1) is 12.6. The number of nitrogens with one attached hydrogen (secondary N) is 1. The molecule has 1 N–H and O–H groups in total. The smallest absolute Gasteiger partial charge is 0.321 e. The number of carbonyl (C=O) groups excluding carboxylic acids is 1. The lowest BCUT2D eigenvalue weighted by atomic mass is 10.1. The van der Waals surface area contributed by atoms with Crippen LogP contribution < -0.4 is 10.2 Å². The maximum atomic E-state index is 12.4. The van der Waals surface area contributed by atoms with E-state index >= 15 is 0 Å². The normalized spacial score (nSPS) is 14.2. The molecule has 0 aliphatic carbocycles. The van der Waals surface area contributed by atoms with E-state index in [1.807, 2.05) is 24.3 Å². The molecule has 0 bridgehead atoms. The molecule has 1 fully saturated rings. The van der Waals surface area contributed by atoms with Crippen LogP contribution in [0.2, 0.25) is 0 Å². The Morgan fingerprint density at radius 1 is 1.04 bits per heavy atom. The second-order valence-electron chi connectivity index (χ2n) is 6.23. The van der Waals surface area contributed by atoms with Crippen molar-refractivity contribution in [3.05, 3.63) is 64.2 Å². The quantitative estimate of drug-likeness (QED) is 0.673. The van der Waals surface area contributed by atoms with Crippen molar-refractivity contribution in [2.24, 2.45) is 0 Å². The minimum atomic E-state index is -0.404. The van der Waals surface area contributed by atoms with Gasteiger partial charge in [-0.3, -0.25) is 10.1 Å². The van der Waals surface area contributed by atoms with Gasteiger partial charge in [0.05, 0.1) is 4.92 Å². The lowest BCUT2D eigenvalue weighted by Crippen LogP contribution is -2.50. The van der Waals surface area contributed by atoms with Crippen LogP contribution in [0.15, 0.2) is 48.5 Å². The Morgan fingerprint density at radius 2 is 1.65 bits per heavy atom. The average Bonchev–Trinajstić information content (AvgIpc) is 2.69. The molecular weight excluding hydrogens is 332 g/mol. The number of aryl methyl sites for hydroxylation is 1. The van der Waals surface area contributed by atoms with Gasteiger partial charge in [-0.2, -0.15) is 0 Å². The number of nitro groups is 1. The molecule has 2 amide bonds. The molecule has 7 heteroatoms. The van der Waals surface area contributed by atoms with Gasteiger partial charge in [0.1, 0.15) is 0 Å². The molecule has 3 rings (SSSR count). The zero-order valence-corrected chi connectivity index (χ0v) is 14.7. The minimum absolute atomic E-state index is 0.0841. The second-order valence-corrected chi connectivity index (χ2v) is 6.23. The van der Waals surface area contributed by atoms with Gasteiger partial charge in [-0.25, -0.2) is 4.79 Å². The maximum absolute atomic E-state index is 12.4. The monoisotopic (exact) mass is 354 g/mol. The highest BCUT2D eigenvalue weighted by molar-refractivity contribution is 5.89. The zero-order valence-electron chi connectivity index (χ0n) is 14.7. The topological polar surface area (TPSA) is 78.7 Å². The molecule has 1 aliphatic rings. The molecule has 0 atom stereocenters. The van der Waals surface area contributed by atoms with Crippen LogP contribution in [0.1, 0.15) is 12.5 Å². The van der Waals surface area contributed by atoms with E-state index in [1.54, 1.807) is 17.0 Å². The molecule has 0 saturated carbocycles. The van der Waals surface area contributed by atoms with E-state index < -0.39 is 4.92 Å². The van der Waals surface area contributed by atoms with E-state index in [4.69, 9.17) is 0 Å². The van der Waals surface area contributed by atoms with Crippen molar-refractivity contribution in [3.8, 4) is 0 Å². The molecule has 1 saturated heterocycles. The lowest BCUT2D eigenvalue weighted by Gasteiger charge is -2.36. The van der Waals surface area contributed by atoms with Gasteiger partial charge in [-0.1, -0.05) is 19.1 Å². The summed E-state index contributed by atoms with van der Waals surface area (Å²) in [6, 6.07) is 14.3. The Hall–Kier alpha value is -3.09. The Labute approximate surface area is 152 Å². The molecule has 1 aliphatic heterocycles. The van der Waals surface area contributed by atoms with Crippen molar-refractivity contribution in [1.29, 1.82) is 0 Å². The van der Waals surface area contributed by atoms with Crippen molar-refractivity contribution in [2.45, 2.75) is 13.3 Å². The summed E-state index contributed by atoms with van der Waals surface area (Å²) < 4.78 is 0. The highest BCUT2D eigenvalue weighted by atomic mass is 16.6. The van der Waals surface area contributed by atoms with Gasteiger partial charge in [-0.15, -0.1) is 0 Å². The fourth-order valence-electron chi connectivity index (χ4n) is 2.98. The zero-order chi connectivity index (χ0) is 18.5. The standard InChI is InChI=1S/C19H22N4O3/c1-2-15-3-5-16(6-4-15)20-19(24)22-13-11-21(12-14-22)17-7-9-18(10-8-17)23(25)26/h3-10H,2,11-14H2,1H3,(H,20,24). The predicted octanol–water partition coefficient (Wildman–Crippen LogP) is 3.51. The summed E-state index contributed by atoms with van der Waals surface area (Å²) >= 11 is 0. The van der Waals surface area contributed by atoms with Crippen molar-refractivity contribution in [2.75, 3.05) is 36.4 Å². The first kappa shape index (κ1) is 17.7. The summed E-state index contributed by atoms with van der Waals surface area (Å²) in [5.74, 6) is 0. The fourth-order valence-corrected chi connectivity index (χ4v) is 2.98. The Bertz CT molecular complexity index is 766. The van der Waals surface area contributed by atoms with Crippen LogP contribution in [0.5, 0.6) is 0 Å². The number of urea groups is 1. The Kier molecular flexibility index (Phi) is 5.36. The fraction of sp³-hybridized carbons (Fsp3) is 0.316. The molecule has 0 radical (unpaired) electrons. The summed E-state index contributed by atoms with van der Waals surface area (Å²) in [7, 11) is 0. The number of hydrogen-bond acceptors (Lipinski definition) is 4. The summed E-state index contributed by atoms with van der Waals surface area (Å²) in [5, 5.41) is 13.7. The first-order valence-electron chi connectivity index (χ1n) is 8.71. The molecule has 0 aromatic heterocycles. The van der Waals surface area contributed by atoms with E-state index in [0.29, 0.717) is 26.2 Å². The summed E-state index contributed by atoms with van der Waals surface area (Å²) in [6.45, 7) is 4.70. The summed E-state index contributed by atoms with van der Waals surface area (Å²) in [5.41, 5.74) is 3.05. The number of non-ortho nitro benzene ring substituents is 1. The number of nitro benzene ring substituents is 1. The number of amides is 2. The lowest BCUT2D eigenvalue weighted by molar-refractivity contribution is -0.384. The molecular formula is C19H22N4O3. The molecule has 0 spiro atoms. The van der Waals surface area contributed by atoms with Crippen LogP contribution in [0.3, 0.4) is 0 Å². The van der Waals surface area contributed by atoms with Crippen molar-refractivity contribution < 1.29 is 9.72 Å². The molecule has 0 unspecified atom stereocenters. The summed E-state index contributed by atoms with van der Waals surface area (Å²) in [4.78, 5) is 26.7. The van der Waals surface area contributed by atoms with Crippen LogP contribution in [0.4, 0.5) is 21.9 Å². The molecule has 2 aromatic rings. The van der Waals surface area contributed by atoms with Gasteiger partial charge in [0.2, 0.25) is 0 Å². The van der Waals surface area contributed by atoms with E-state index in [1.165, 1.54) is 17.7 Å². The molecule has 136 valence electrons. The molecule has 7 nitrogen and oxygen atoms in total.